The largest absolute Gasteiger partial charge is 0.320 e. The summed E-state index contributed by atoms with van der Waals surface area (Å²) in [5.74, 6) is -0.256. The van der Waals surface area contributed by atoms with E-state index < -0.39 is 0 Å². The topological polar surface area (TPSA) is 42.0 Å². The van der Waals surface area contributed by atoms with Crippen molar-refractivity contribution in [2.45, 2.75) is 0 Å². The molecule has 98 valence electrons. The van der Waals surface area contributed by atoms with E-state index in [9.17, 15) is 4.79 Å². The van der Waals surface area contributed by atoms with Crippen LogP contribution < -0.4 is 5.32 Å². The summed E-state index contributed by atoms with van der Waals surface area (Å²) in [6.45, 7) is 0. The van der Waals surface area contributed by atoms with E-state index in [-0.39, 0.29) is 11.1 Å². The molecule has 19 heavy (non-hydrogen) atoms. The van der Waals surface area contributed by atoms with Crippen molar-refractivity contribution in [3.8, 4) is 0 Å². The summed E-state index contributed by atoms with van der Waals surface area (Å²) in [4.78, 5) is 15.9. The molecule has 0 atom stereocenters. The molecule has 0 unspecified atom stereocenters. The molecule has 0 spiro atoms. The van der Waals surface area contributed by atoms with E-state index in [0.29, 0.717) is 11.3 Å². The van der Waals surface area contributed by atoms with Crippen molar-refractivity contribution >= 4 is 71.0 Å². The highest BCUT2D eigenvalue weighted by Gasteiger charge is 2.12. The average molecular weight is 469 g/mol. The van der Waals surface area contributed by atoms with Crippen LogP contribution >= 0.6 is 59.4 Å². The Hall–Kier alpha value is -0.430. The second-order valence-corrected chi connectivity index (χ2v) is 6.58. The molecule has 0 fully saturated rings. The van der Waals surface area contributed by atoms with Crippen LogP contribution in [0.5, 0.6) is 0 Å². The van der Waals surface area contributed by atoms with Gasteiger partial charge in [0.2, 0.25) is 0 Å². The van der Waals surface area contributed by atoms with Crippen LogP contribution in [0.2, 0.25) is 5.15 Å². The first-order valence-corrected chi connectivity index (χ1v) is 7.80. The second kappa shape index (κ2) is 6.35. The fraction of sp³-hybridized carbons (Fsp3) is 0. The molecule has 1 amide bonds. The lowest BCUT2D eigenvalue weighted by atomic mass is 10.2. The highest BCUT2D eigenvalue weighted by atomic mass is 79.9. The average Bonchev–Trinajstić information content (AvgIpc) is 2.33. The van der Waals surface area contributed by atoms with Gasteiger partial charge in [-0.2, -0.15) is 0 Å². The maximum absolute atomic E-state index is 12.1. The Morgan fingerprint density at radius 3 is 2.37 bits per heavy atom. The van der Waals surface area contributed by atoms with Crippen LogP contribution in [0.4, 0.5) is 5.69 Å². The minimum atomic E-state index is -0.256. The van der Waals surface area contributed by atoms with Gasteiger partial charge in [0.1, 0.15) is 5.15 Å². The van der Waals surface area contributed by atoms with Crippen LogP contribution in [-0.2, 0) is 0 Å². The molecule has 0 radical (unpaired) electrons. The lowest BCUT2D eigenvalue weighted by molar-refractivity contribution is 0.102. The summed E-state index contributed by atoms with van der Waals surface area (Å²) in [6.07, 6.45) is 1.49. The Balaban J connectivity index is 2.29. The number of aromatic nitrogens is 1. The molecular weight excluding hydrogens is 463 g/mol. The number of hydrogen-bond acceptors (Lipinski definition) is 2. The first-order valence-electron chi connectivity index (χ1n) is 5.05. The number of carbonyl (C=O) groups is 1. The second-order valence-electron chi connectivity index (χ2n) is 3.57. The van der Waals surface area contributed by atoms with Gasteiger partial charge in [0.25, 0.3) is 5.91 Å². The van der Waals surface area contributed by atoms with Gasteiger partial charge in [-0.3, -0.25) is 4.79 Å². The van der Waals surface area contributed by atoms with E-state index in [4.69, 9.17) is 11.6 Å². The summed E-state index contributed by atoms with van der Waals surface area (Å²) >= 11 is 15.9. The first-order chi connectivity index (χ1) is 8.97. The lowest BCUT2D eigenvalue weighted by Crippen LogP contribution is -2.12. The third-order valence-corrected chi connectivity index (χ3v) is 4.15. The summed E-state index contributed by atoms with van der Waals surface area (Å²) in [5.41, 5.74) is 1.10. The van der Waals surface area contributed by atoms with Crippen molar-refractivity contribution in [1.82, 2.24) is 4.98 Å². The number of nitrogens with one attached hydrogen (secondary N) is 1. The Bertz CT molecular complexity index is 626. The number of anilines is 1. The van der Waals surface area contributed by atoms with E-state index in [1.165, 1.54) is 12.3 Å². The van der Waals surface area contributed by atoms with Gasteiger partial charge in [-0.1, -0.05) is 27.5 Å². The fourth-order valence-corrected chi connectivity index (χ4v) is 4.02. The Morgan fingerprint density at radius 1 is 1.16 bits per heavy atom. The van der Waals surface area contributed by atoms with Gasteiger partial charge < -0.3 is 5.32 Å². The number of nitrogens with zero attached hydrogens (tertiary/aromatic N) is 1. The van der Waals surface area contributed by atoms with Crippen molar-refractivity contribution in [3.05, 3.63) is 54.6 Å². The van der Waals surface area contributed by atoms with Gasteiger partial charge in [-0.25, -0.2) is 4.98 Å². The van der Waals surface area contributed by atoms with Gasteiger partial charge >= 0.3 is 0 Å². The van der Waals surface area contributed by atoms with E-state index in [1.54, 1.807) is 6.07 Å². The lowest BCUT2D eigenvalue weighted by Gasteiger charge is -2.10. The molecule has 1 aromatic heterocycles. The smallest absolute Gasteiger partial charge is 0.255 e. The summed E-state index contributed by atoms with van der Waals surface area (Å²) in [7, 11) is 0. The molecule has 1 heterocycles. The maximum Gasteiger partial charge on any atom is 0.255 e. The van der Waals surface area contributed by atoms with Crippen molar-refractivity contribution in [3.63, 3.8) is 0 Å². The predicted octanol–water partition coefficient (Wildman–Crippen LogP) is 5.27. The predicted molar refractivity (Wildman–Crippen MR) is 86.7 cm³/mol. The first kappa shape index (κ1) is 15.0. The van der Waals surface area contributed by atoms with Crippen LogP contribution in [0.25, 0.3) is 0 Å². The third kappa shape index (κ3) is 3.78. The summed E-state index contributed by atoms with van der Waals surface area (Å²) < 4.78 is 2.43. The zero-order valence-electron chi connectivity index (χ0n) is 9.25. The molecule has 0 bridgehead atoms. The van der Waals surface area contributed by atoms with Crippen molar-refractivity contribution in [2.75, 3.05) is 5.32 Å². The highest BCUT2D eigenvalue weighted by Crippen LogP contribution is 2.34. The van der Waals surface area contributed by atoms with E-state index >= 15 is 0 Å². The minimum absolute atomic E-state index is 0.256. The van der Waals surface area contributed by atoms with Crippen molar-refractivity contribution < 1.29 is 4.79 Å². The molecule has 7 heteroatoms. The molecule has 0 aliphatic rings. The molecule has 2 rings (SSSR count). The van der Waals surface area contributed by atoms with Crippen LogP contribution in [0.1, 0.15) is 10.4 Å². The van der Waals surface area contributed by atoms with E-state index in [0.717, 1.165) is 13.4 Å². The minimum Gasteiger partial charge on any atom is -0.320 e. The molecular formula is C12H6Br3ClN2O. The van der Waals surface area contributed by atoms with Gasteiger partial charge in [0, 0.05) is 25.2 Å². The van der Waals surface area contributed by atoms with E-state index in [1.807, 2.05) is 12.1 Å². The van der Waals surface area contributed by atoms with Crippen LogP contribution in [0, 0.1) is 0 Å². The maximum atomic E-state index is 12.1. The molecule has 1 N–H and O–H groups in total. The molecule has 3 nitrogen and oxygen atoms in total. The Morgan fingerprint density at radius 2 is 1.79 bits per heavy atom. The van der Waals surface area contributed by atoms with Gasteiger partial charge in [0.05, 0.1) is 5.69 Å². The normalized spacial score (nSPS) is 10.3. The number of carbonyl (C=O) groups excluding carboxylic acids is 1. The number of hydrogen-bond donors (Lipinski definition) is 1. The zero-order chi connectivity index (χ0) is 14.0. The quantitative estimate of drug-likeness (QED) is 0.609. The SMILES string of the molecule is O=C(Nc1c(Br)cc(Br)cc1Br)c1ccnc(Cl)c1. The Labute approximate surface area is 140 Å². The van der Waals surface area contributed by atoms with Gasteiger partial charge in [-0.15, -0.1) is 0 Å². The molecule has 0 aliphatic carbocycles. The number of halogens is 4. The molecule has 0 aliphatic heterocycles. The van der Waals surface area contributed by atoms with Crippen LogP contribution in [0.15, 0.2) is 43.9 Å². The summed E-state index contributed by atoms with van der Waals surface area (Å²) in [6, 6.07) is 6.80. The van der Waals surface area contributed by atoms with Crippen molar-refractivity contribution in [1.29, 1.82) is 0 Å². The third-order valence-electron chi connectivity index (χ3n) is 2.23. The molecule has 0 saturated carbocycles. The Kier molecular flexibility index (Phi) is 5.00. The molecule has 0 saturated heterocycles. The standard InChI is InChI=1S/C12H6Br3ClN2O/c13-7-4-8(14)11(9(15)5-7)18-12(19)6-1-2-17-10(16)3-6/h1-5H,(H,18,19). The molecule has 2 aromatic rings. The van der Waals surface area contributed by atoms with Crippen LogP contribution in [-0.4, -0.2) is 10.9 Å². The van der Waals surface area contributed by atoms with Gasteiger partial charge in [0.15, 0.2) is 0 Å². The molecule has 1 aromatic carbocycles. The number of pyridine rings is 1. The fourth-order valence-electron chi connectivity index (χ4n) is 1.39. The number of amides is 1. The van der Waals surface area contributed by atoms with E-state index in [2.05, 4.69) is 58.1 Å². The number of benzene rings is 1. The summed E-state index contributed by atoms with van der Waals surface area (Å²) in [5, 5.41) is 3.09. The van der Waals surface area contributed by atoms with Gasteiger partial charge in [-0.05, 0) is 56.1 Å². The van der Waals surface area contributed by atoms with Crippen LogP contribution in [0.3, 0.4) is 0 Å². The zero-order valence-corrected chi connectivity index (χ0v) is 14.8. The monoisotopic (exact) mass is 466 g/mol. The number of rotatable bonds is 2. The highest BCUT2D eigenvalue weighted by molar-refractivity contribution is 9.11. The van der Waals surface area contributed by atoms with Crippen molar-refractivity contribution in [2.24, 2.45) is 0 Å².